The van der Waals surface area contributed by atoms with E-state index in [1.54, 1.807) is 6.20 Å². The van der Waals surface area contributed by atoms with Crippen LogP contribution in [0.2, 0.25) is 0 Å². The number of para-hydroxylation sites is 1. The molecule has 0 spiro atoms. The smallest absolute Gasteiger partial charge is 0.226 e. The second kappa shape index (κ2) is 11.5. The minimum atomic E-state index is -0.258. The minimum Gasteiger partial charge on any atom is -0.459 e. The summed E-state index contributed by atoms with van der Waals surface area (Å²) in [4.78, 5) is 19.6. The van der Waals surface area contributed by atoms with Gasteiger partial charge in [-0.25, -0.2) is 0 Å². The minimum absolute atomic E-state index is 0.0579. The predicted molar refractivity (Wildman–Crippen MR) is 158 cm³/mol. The first kappa shape index (κ1) is 26.1. The van der Waals surface area contributed by atoms with E-state index in [0.717, 1.165) is 44.9 Å². The first-order valence-electron chi connectivity index (χ1n) is 12.7. The summed E-state index contributed by atoms with van der Waals surface area (Å²) in [5, 5.41) is 7.06. The molecule has 1 saturated heterocycles. The van der Waals surface area contributed by atoms with Crippen molar-refractivity contribution in [3.63, 3.8) is 0 Å². The highest BCUT2D eigenvalue weighted by Crippen LogP contribution is 2.41. The number of pyridine rings is 1. The van der Waals surface area contributed by atoms with Gasteiger partial charge in [-0.05, 0) is 79.2 Å². The van der Waals surface area contributed by atoms with Gasteiger partial charge in [0.15, 0.2) is 5.11 Å². The molecule has 8 heteroatoms. The molecule has 0 bridgehead atoms. The molecule has 3 heterocycles. The van der Waals surface area contributed by atoms with Gasteiger partial charge in [-0.2, -0.15) is 0 Å². The Labute approximate surface area is 236 Å². The lowest BCUT2D eigenvalue weighted by atomic mass is 10.0. The summed E-state index contributed by atoms with van der Waals surface area (Å²) in [5.74, 6) is 1.46. The van der Waals surface area contributed by atoms with Crippen molar-refractivity contribution in [3.8, 4) is 11.3 Å². The summed E-state index contributed by atoms with van der Waals surface area (Å²) < 4.78 is 7.41. The number of nitrogens with zero attached hydrogens (tertiary/aromatic N) is 2. The summed E-state index contributed by atoms with van der Waals surface area (Å²) in [6, 6.07) is 23.4. The number of hydrogen-bond acceptors (Lipinski definition) is 4. The Hall–Kier alpha value is -3.49. The molecule has 2 aromatic carbocycles. The van der Waals surface area contributed by atoms with E-state index in [0.29, 0.717) is 11.7 Å². The van der Waals surface area contributed by atoms with Crippen molar-refractivity contribution in [1.82, 2.24) is 15.2 Å². The third-order valence-corrected chi connectivity index (χ3v) is 7.77. The fourth-order valence-corrected chi connectivity index (χ4v) is 5.84. The van der Waals surface area contributed by atoms with Crippen molar-refractivity contribution in [2.75, 3.05) is 11.9 Å². The Bertz CT molecular complexity index is 1460. The number of benzene rings is 2. The molecule has 1 fully saturated rings. The number of amides is 1. The van der Waals surface area contributed by atoms with Gasteiger partial charge in [0.1, 0.15) is 17.6 Å². The molecule has 1 aliphatic rings. The van der Waals surface area contributed by atoms with Gasteiger partial charge in [0.25, 0.3) is 0 Å². The van der Waals surface area contributed by atoms with Gasteiger partial charge in [0.2, 0.25) is 5.91 Å². The van der Waals surface area contributed by atoms with Crippen LogP contribution in [0, 0.1) is 6.92 Å². The molecule has 194 valence electrons. The van der Waals surface area contributed by atoms with Crippen LogP contribution in [-0.4, -0.2) is 27.4 Å². The van der Waals surface area contributed by atoms with Crippen LogP contribution in [0.1, 0.15) is 48.0 Å². The van der Waals surface area contributed by atoms with Crippen molar-refractivity contribution >= 4 is 44.9 Å². The zero-order valence-electron chi connectivity index (χ0n) is 21.3. The van der Waals surface area contributed by atoms with Gasteiger partial charge in [0, 0.05) is 34.9 Å². The molecule has 6 nitrogen and oxygen atoms in total. The Morgan fingerprint density at radius 3 is 2.71 bits per heavy atom. The van der Waals surface area contributed by atoms with Crippen molar-refractivity contribution in [3.05, 3.63) is 106 Å². The number of aromatic nitrogens is 1. The average molecular weight is 590 g/mol. The maximum Gasteiger partial charge on any atom is 0.226 e. The highest BCUT2D eigenvalue weighted by atomic mass is 79.9. The maximum atomic E-state index is 13.0. The van der Waals surface area contributed by atoms with E-state index in [4.69, 9.17) is 16.6 Å². The summed E-state index contributed by atoms with van der Waals surface area (Å²) in [6.07, 6.45) is 2.90. The Kier molecular flexibility index (Phi) is 7.90. The van der Waals surface area contributed by atoms with Gasteiger partial charge in [-0.15, -0.1) is 0 Å². The molecule has 0 aliphatic carbocycles. The van der Waals surface area contributed by atoms with Gasteiger partial charge >= 0.3 is 0 Å². The zero-order chi connectivity index (χ0) is 26.6. The van der Waals surface area contributed by atoms with Crippen LogP contribution in [0.15, 0.2) is 87.9 Å². The molecule has 2 N–H and O–H groups in total. The highest BCUT2D eigenvalue weighted by Gasteiger charge is 2.41. The SMILES string of the molecule is CCc1ccccc1NC(=O)CCN1C(=S)NC(c2ccccn2)C1c1ccc(-c2ccc(C)cc2Br)o1. The molecule has 2 atom stereocenters. The summed E-state index contributed by atoms with van der Waals surface area (Å²) in [5.41, 5.74) is 4.96. The number of anilines is 1. The first-order valence-corrected chi connectivity index (χ1v) is 13.9. The van der Waals surface area contributed by atoms with Crippen LogP contribution < -0.4 is 10.6 Å². The Morgan fingerprint density at radius 1 is 1.13 bits per heavy atom. The molecule has 0 radical (unpaired) electrons. The van der Waals surface area contributed by atoms with Crippen LogP contribution in [-0.2, 0) is 11.2 Å². The first-order chi connectivity index (χ1) is 18.4. The second-order valence-electron chi connectivity index (χ2n) is 9.31. The van der Waals surface area contributed by atoms with E-state index in [2.05, 4.69) is 57.5 Å². The Morgan fingerprint density at radius 2 is 1.95 bits per heavy atom. The van der Waals surface area contributed by atoms with Crippen LogP contribution in [0.25, 0.3) is 11.3 Å². The van der Waals surface area contributed by atoms with Crippen molar-refractivity contribution in [2.24, 2.45) is 0 Å². The molecular weight excluding hydrogens is 560 g/mol. The van der Waals surface area contributed by atoms with Crippen molar-refractivity contribution in [2.45, 2.75) is 38.8 Å². The lowest BCUT2D eigenvalue weighted by Crippen LogP contribution is -2.32. The lowest BCUT2D eigenvalue weighted by molar-refractivity contribution is -0.116. The number of halogens is 1. The topological polar surface area (TPSA) is 70.4 Å². The molecule has 4 aromatic rings. The lowest BCUT2D eigenvalue weighted by Gasteiger charge is -2.26. The third-order valence-electron chi connectivity index (χ3n) is 6.76. The second-order valence-corrected chi connectivity index (χ2v) is 10.6. The number of nitrogens with one attached hydrogen (secondary N) is 2. The van der Waals surface area contributed by atoms with Crippen LogP contribution in [0.3, 0.4) is 0 Å². The number of rotatable bonds is 8. The van der Waals surface area contributed by atoms with E-state index in [9.17, 15) is 4.79 Å². The van der Waals surface area contributed by atoms with Crippen LogP contribution in [0.5, 0.6) is 0 Å². The van der Waals surface area contributed by atoms with E-state index < -0.39 is 0 Å². The fourth-order valence-electron chi connectivity index (χ4n) is 4.82. The number of aryl methyl sites for hydroxylation is 2. The molecule has 5 rings (SSSR count). The van der Waals surface area contributed by atoms with Gasteiger partial charge in [-0.1, -0.05) is 53.2 Å². The molecular formula is C30H29BrN4O2S. The summed E-state index contributed by atoms with van der Waals surface area (Å²) in [7, 11) is 0. The summed E-state index contributed by atoms with van der Waals surface area (Å²) in [6.45, 7) is 4.57. The Balaban J connectivity index is 1.41. The molecule has 2 aromatic heterocycles. The van der Waals surface area contributed by atoms with Crippen LogP contribution in [0.4, 0.5) is 5.69 Å². The largest absolute Gasteiger partial charge is 0.459 e. The van der Waals surface area contributed by atoms with Crippen LogP contribution >= 0.6 is 28.1 Å². The van der Waals surface area contributed by atoms with Crippen molar-refractivity contribution in [1.29, 1.82) is 0 Å². The predicted octanol–water partition coefficient (Wildman–Crippen LogP) is 6.98. The standard InChI is InChI=1S/C30H29BrN4O2S/c1-3-20-8-4-5-9-23(20)33-27(36)15-17-35-29(28(34-30(35)38)24-10-6-7-16-32-24)26-14-13-25(37-26)21-12-11-19(2)18-22(21)31/h4-14,16,18,28-29H,3,15,17H2,1-2H3,(H,33,36)(H,34,38). The van der Waals surface area contributed by atoms with Gasteiger partial charge in [0.05, 0.1) is 11.7 Å². The number of thiocarbonyl (C=S) groups is 1. The van der Waals surface area contributed by atoms with E-state index >= 15 is 0 Å². The maximum absolute atomic E-state index is 13.0. The monoisotopic (exact) mass is 588 g/mol. The fraction of sp³-hybridized carbons (Fsp3) is 0.233. The van der Waals surface area contributed by atoms with Gasteiger partial charge in [-0.3, -0.25) is 9.78 Å². The van der Waals surface area contributed by atoms with E-state index in [-0.39, 0.29) is 24.4 Å². The average Bonchev–Trinajstić information content (AvgIpc) is 3.52. The quantitative estimate of drug-likeness (QED) is 0.216. The molecule has 1 amide bonds. The highest BCUT2D eigenvalue weighted by molar-refractivity contribution is 9.10. The molecule has 2 unspecified atom stereocenters. The number of carbonyl (C=O) groups is 1. The van der Waals surface area contributed by atoms with E-state index in [1.807, 2.05) is 65.6 Å². The summed E-state index contributed by atoms with van der Waals surface area (Å²) >= 11 is 9.42. The normalized spacial score (nSPS) is 16.9. The van der Waals surface area contributed by atoms with Gasteiger partial charge < -0.3 is 20.0 Å². The number of hydrogen-bond donors (Lipinski definition) is 2. The van der Waals surface area contributed by atoms with Crippen molar-refractivity contribution < 1.29 is 9.21 Å². The van der Waals surface area contributed by atoms with E-state index in [1.165, 1.54) is 5.56 Å². The third kappa shape index (κ3) is 5.51. The number of furan rings is 1. The molecule has 0 saturated carbocycles. The number of carbonyl (C=O) groups excluding carboxylic acids is 1. The molecule has 38 heavy (non-hydrogen) atoms. The molecule has 1 aliphatic heterocycles. The zero-order valence-corrected chi connectivity index (χ0v) is 23.7.